The summed E-state index contributed by atoms with van der Waals surface area (Å²) in [6, 6.07) is 5.13. The van der Waals surface area contributed by atoms with Crippen LogP contribution in [0.2, 0.25) is 0 Å². The summed E-state index contributed by atoms with van der Waals surface area (Å²) in [5.74, 6) is -0.0866. The highest BCUT2D eigenvalue weighted by Crippen LogP contribution is 2.30. The Morgan fingerprint density at radius 2 is 2.11 bits per heavy atom. The van der Waals surface area contributed by atoms with Crippen molar-refractivity contribution in [3.8, 4) is 11.5 Å². The molecule has 0 saturated heterocycles. The lowest BCUT2D eigenvalue weighted by Gasteiger charge is -2.17. The number of rotatable bonds is 6. The number of carboxylic acid groups (broad SMARTS) is 1. The van der Waals surface area contributed by atoms with E-state index in [4.69, 9.17) is 20.3 Å². The molecule has 0 fully saturated rings. The molecule has 1 rings (SSSR count). The Hall–Kier alpha value is -1.75. The van der Waals surface area contributed by atoms with Crippen molar-refractivity contribution in [3.63, 3.8) is 0 Å². The van der Waals surface area contributed by atoms with Crippen LogP contribution in [0.1, 0.15) is 31.9 Å². The topological polar surface area (TPSA) is 81.8 Å². The first-order valence-corrected chi connectivity index (χ1v) is 5.82. The molecule has 0 amide bonds. The minimum atomic E-state index is -0.990. The lowest BCUT2D eigenvalue weighted by molar-refractivity contribution is -0.145. The molecule has 0 aliphatic rings. The summed E-state index contributed by atoms with van der Waals surface area (Å²) >= 11 is 0. The van der Waals surface area contributed by atoms with Crippen molar-refractivity contribution in [1.82, 2.24) is 0 Å². The first-order valence-electron chi connectivity index (χ1n) is 5.82. The maximum atomic E-state index is 10.9. The van der Waals surface area contributed by atoms with Gasteiger partial charge in [0.05, 0.1) is 7.11 Å². The van der Waals surface area contributed by atoms with Crippen LogP contribution in [0, 0.1) is 0 Å². The lowest BCUT2D eigenvalue weighted by atomic mass is 10.1. The van der Waals surface area contributed by atoms with Crippen molar-refractivity contribution >= 4 is 5.97 Å². The van der Waals surface area contributed by atoms with Crippen LogP contribution in [-0.2, 0) is 4.79 Å². The number of hydrogen-bond donors (Lipinski definition) is 2. The van der Waals surface area contributed by atoms with Crippen LogP contribution < -0.4 is 15.2 Å². The number of benzene rings is 1. The van der Waals surface area contributed by atoms with E-state index in [1.54, 1.807) is 25.1 Å². The van der Waals surface area contributed by atoms with E-state index < -0.39 is 12.1 Å². The maximum absolute atomic E-state index is 10.9. The third-order valence-electron chi connectivity index (χ3n) is 2.63. The van der Waals surface area contributed by atoms with E-state index in [0.29, 0.717) is 17.9 Å². The van der Waals surface area contributed by atoms with Crippen molar-refractivity contribution < 1.29 is 19.4 Å². The highest BCUT2D eigenvalue weighted by Gasteiger charge is 2.19. The van der Waals surface area contributed by atoms with Gasteiger partial charge >= 0.3 is 5.97 Å². The Kier molecular flexibility index (Phi) is 4.97. The molecule has 5 nitrogen and oxygen atoms in total. The molecule has 100 valence electrons. The van der Waals surface area contributed by atoms with Crippen LogP contribution in [0.4, 0.5) is 0 Å². The zero-order valence-corrected chi connectivity index (χ0v) is 10.8. The lowest BCUT2D eigenvalue weighted by Crippen LogP contribution is -2.26. The smallest absolute Gasteiger partial charge is 0.344 e. The van der Waals surface area contributed by atoms with E-state index in [2.05, 4.69) is 0 Å². The summed E-state index contributed by atoms with van der Waals surface area (Å²) in [6.45, 7) is 3.61. The Balaban J connectivity index is 2.98. The van der Waals surface area contributed by atoms with E-state index in [-0.39, 0.29) is 6.04 Å². The summed E-state index contributed by atoms with van der Waals surface area (Å²) in [5.41, 5.74) is 6.68. The van der Waals surface area contributed by atoms with Crippen molar-refractivity contribution in [2.75, 3.05) is 7.11 Å². The third-order valence-corrected chi connectivity index (χ3v) is 2.63. The molecule has 1 aromatic carbocycles. The molecule has 5 heteroatoms. The van der Waals surface area contributed by atoms with Gasteiger partial charge in [-0.15, -0.1) is 0 Å². The molecular formula is C13H19NO4. The molecular weight excluding hydrogens is 234 g/mol. The Bertz CT molecular complexity index is 417. The van der Waals surface area contributed by atoms with Gasteiger partial charge in [0, 0.05) is 6.04 Å². The van der Waals surface area contributed by atoms with Crippen LogP contribution in [0.15, 0.2) is 18.2 Å². The molecule has 3 N–H and O–H groups in total. The number of ether oxygens (including phenoxy) is 2. The van der Waals surface area contributed by atoms with Gasteiger partial charge in [-0.2, -0.15) is 0 Å². The predicted octanol–water partition coefficient (Wildman–Crippen LogP) is 1.96. The molecule has 0 aromatic heterocycles. The predicted molar refractivity (Wildman–Crippen MR) is 67.9 cm³/mol. The van der Waals surface area contributed by atoms with Gasteiger partial charge in [-0.1, -0.05) is 13.0 Å². The molecule has 0 radical (unpaired) electrons. The summed E-state index contributed by atoms with van der Waals surface area (Å²) in [4.78, 5) is 10.9. The number of carboxylic acids is 1. The zero-order chi connectivity index (χ0) is 13.7. The van der Waals surface area contributed by atoms with Crippen LogP contribution in [-0.4, -0.2) is 24.3 Å². The van der Waals surface area contributed by atoms with Gasteiger partial charge in [0.15, 0.2) is 17.6 Å². The summed E-state index contributed by atoms with van der Waals surface area (Å²) in [6.07, 6.45) is -0.492. The molecule has 1 aromatic rings. The quantitative estimate of drug-likeness (QED) is 0.809. The second-order valence-corrected chi connectivity index (χ2v) is 4.05. The van der Waals surface area contributed by atoms with Gasteiger partial charge in [0.25, 0.3) is 0 Å². The van der Waals surface area contributed by atoms with Crippen LogP contribution in [0.5, 0.6) is 11.5 Å². The standard InChI is InChI=1S/C13H19NO4/c1-4-10(13(15)16)18-11-6-5-9(8(2)14)7-12(11)17-3/h5-8,10H,4,14H2,1-3H3,(H,15,16)/t8-,10?/m1/s1. The van der Waals surface area contributed by atoms with E-state index in [1.807, 2.05) is 6.92 Å². The van der Waals surface area contributed by atoms with Gasteiger partial charge in [-0.05, 0) is 31.0 Å². The minimum Gasteiger partial charge on any atom is -0.493 e. The molecule has 0 aliphatic carbocycles. The molecule has 2 atom stereocenters. The number of nitrogens with two attached hydrogens (primary N) is 1. The molecule has 0 bridgehead atoms. The van der Waals surface area contributed by atoms with Crippen molar-refractivity contribution in [2.24, 2.45) is 5.73 Å². The van der Waals surface area contributed by atoms with Crippen LogP contribution in [0.25, 0.3) is 0 Å². The molecule has 0 saturated carbocycles. The maximum Gasteiger partial charge on any atom is 0.344 e. The van der Waals surface area contributed by atoms with Gasteiger partial charge in [0.2, 0.25) is 0 Å². The van der Waals surface area contributed by atoms with E-state index >= 15 is 0 Å². The molecule has 0 spiro atoms. The second kappa shape index (κ2) is 6.26. The Morgan fingerprint density at radius 1 is 1.44 bits per heavy atom. The van der Waals surface area contributed by atoms with Crippen molar-refractivity contribution in [2.45, 2.75) is 32.4 Å². The van der Waals surface area contributed by atoms with Gasteiger partial charge in [0.1, 0.15) is 0 Å². The number of hydrogen-bond acceptors (Lipinski definition) is 4. The highest BCUT2D eigenvalue weighted by molar-refractivity contribution is 5.72. The summed E-state index contributed by atoms with van der Waals surface area (Å²) in [7, 11) is 1.51. The average molecular weight is 253 g/mol. The summed E-state index contributed by atoms with van der Waals surface area (Å²) in [5, 5.41) is 8.96. The molecule has 0 heterocycles. The van der Waals surface area contributed by atoms with Crippen LogP contribution in [0.3, 0.4) is 0 Å². The number of carbonyl (C=O) groups is 1. The van der Waals surface area contributed by atoms with E-state index in [9.17, 15) is 4.79 Å². The van der Waals surface area contributed by atoms with E-state index in [1.165, 1.54) is 7.11 Å². The largest absolute Gasteiger partial charge is 0.493 e. The van der Waals surface area contributed by atoms with Gasteiger partial charge in [-0.25, -0.2) is 4.79 Å². The normalized spacial score (nSPS) is 13.8. The fourth-order valence-corrected chi connectivity index (χ4v) is 1.53. The zero-order valence-electron chi connectivity index (χ0n) is 10.8. The van der Waals surface area contributed by atoms with Gasteiger partial charge in [-0.3, -0.25) is 0 Å². The van der Waals surface area contributed by atoms with Crippen LogP contribution >= 0.6 is 0 Å². The fourth-order valence-electron chi connectivity index (χ4n) is 1.53. The minimum absolute atomic E-state index is 0.116. The monoisotopic (exact) mass is 253 g/mol. The molecule has 1 unspecified atom stereocenters. The average Bonchev–Trinajstić information content (AvgIpc) is 2.35. The first-order chi connectivity index (χ1) is 8.49. The number of aliphatic carboxylic acids is 1. The first kappa shape index (κ1) is 14.3. The van der Waals surface area contributed by atoms with Crippen molar-refractivity contribution in [3.05, 3.63) is 23.8 Å². The van der Waals surface area contributed by atoms with Crippen molar-refractivity contribution in [1.29, 1.82) is 0 Å². The SMILES string of the molecule is CCC(Oc1ccc([C@@H](C)N)cc1OC)C(=O)O. The summed E-state index contributed by atoms with van der Waals surface area (Å²) < 4.78 is 10.6. The Labute approximate surface area is 107 Å². The second-order valence-electron chi connectivity index (χ2n) is 4.05. The Morgan fingerprint density at radius 3 is 2.56 bits per heavy atom. The molecule has 0 aliphatic heterocycles. The van der Waals surface area contributed by atoms with Gasteiger partial charge < -0.3 is 20.3 Å². The highest BCUT2D eigenvalue weighted by atomic mass is 16.5. The number of methoxy groups -OCH3 is 1. The fraction of sp³-hybridized carbons (Fsp3) is 0.462. The third kappa shape index (κ3) is 3.37. The van der Waals surface area contributed by atoms with E-state index in [0.717, 1.165) is 5.56 Å². The molecule has 18 heavy (non-hydrogen) atoms.